The van der Waals surface area contributed by atoms with Gasteiger partial charge in [-0.15, -0.1) is 0 Å². The summed E-state index contributed by atoms with van der Waals surface area (Å²) in [6, 6.07) is 5.01. The number of rotatable bonds is 7. The summed E-state index contributed by atoms with van der Waals surface area (Å²) in [4.78, 5) is 39.2. The number of Topliss-reactive ketones (excluding diaryl/α,β-unsaturated/α-hetero) is 1. The molecule has 8 heteroatoms. The molecule has 0 saturated carbocycles. The summed E-state index contributed by atoms with van der Waals surface area (Å²) >= 11 is 12.1. The fraction of sp³-hybridized carbons (Fsp3) is 0.350. The molecule has 1 unspecified atom stereocenters. The zero-order chi connectivity index (χ0) is 21.0. The number of ketones is 1. The van der Waals surface area contributed by atoms with Gasteiger partial charge < -0.3 is 15.0 Å². The number of H-pyrrole nitrogens is 1. The van der Waals surface area contributed by atoms with Crippen molar-refractivity contribution < 1.29 is 19.1 Å². The molecule has 1 amide bonds. The minimum Gasteiger partial charge on any atom is -0.465 e. The van der Waals surface area contributed by atoms with Gasteiger partial charge >= 0.3 is 5.97 Å². The number of benzene rings is 1. The van der Waals surface area contributed by atoms with Crippen LogP contribution in [0.25, 0.3) is 0 Å². The summed E-state index contributed by atoms with van der Waals surface area (Å²) in [6.07, 6.45) is 0.436. The highest BCUT2D eigenvalue weighted by Gasteiger charge is 2.24. The number of carbonyl (C=O) groups excluding carboxylic acids is 3. The third-order valence-corrected chi connectivity index (χ3v) is 4.94. The first-order valence-electron chi connectivity index (χ1n) is 8.68. The average molecular weight is 425 g/mol. The second-order valence-electron chi connectivity index (χ2n) is 6.61. The minimum absolute atomic E-state index is 0.0861. The quantitative estimate of drug-likeness (QED) is 0.520. The number of carbonyl (C=O) groups is 3. The van der Waals surface area contributed by atoms with Gasteiger partial charge in [0.2, 0.25) is 5.91 Å². The number of hydrogen-bond acceptors (Lipinski definition) is 4. The molecule has 1 aromatic carbocycles. The van der Waals surface area contributed by atoms with Crippen molar-refractivity contribution >= 4 is 40.9 Å². The molecule has 0 saturated heterocycles. The highest BCUT2D eigenvalue weighted by Crippen LogP contribution is 2.23. The number of ether oxygens (including phenoxy) is 1. The Labute approximate surface area is 173 Å². The molecule has 0 aliphatic rings. The van der Waals surface area contributed by atoms with Gasteiger partial charge in [0, 0.05) is 28.7 Å². The topological polar surface area (TPSA) is 88.3 Å². The van der Waals surface area contributed by atoms with E-state index in [-0.39, 0.29) is 29.7 Å². The standard InChI is InChI=1S/C20H22Cl2N2O4/c1-10(7-13-5-6-14(21)8-15(13)22)23-17(26)9-16-18(20(27)28-4)11(2)19(24-16)12(3)25/h5-6,8,10,24H,7,9H2,1-4H3,(H,23,26). The highest BCUT2D eigenvalue weighted by atomic mass is 35.5. The Morgan fingerprint density at radius 3 is 2.50 bits per heavy atom. The van der Waals surface area contributed by atoms with Gasteiger partial charge in [0.25, 0.3) is 0 Å². The Bertz CT molecular complexity index is 921. The van der Waals surface area contributed by atoms with Gasteiger partial charge in [0.1, 0.15) is 0 Å². The van der Waals surface area contributed by atoms with E-state index in [0.717, 1.165) is 5.56 Å². The van der Waals surface area contributed by atoms with E-state index < -0.39 is 5.97 Å². The van der Waals surface area contributed by atoms with Gasteiger partial charge in [-0.1, -0.05) is 29.3 Å². The highest BCUT2D eigenvalue weighted by molar-refractivity contribution is 6.35. The van der Waals surface area contributed by atoms with Gasteiger partial charge in [-0.3, -0.25) is 9.59 Å². The van der Waals surface area contributed by atoms with E-state index in [0.29, 0.717) is 33.4 Å². The summed E-state index contributed by atoms with van der Waals surface area (Å²) < 4.78 is 4.79. The van der Waals surface area contributed by atoms with Crippen LogP contribution in [-0.2, 0) is 22.4 Å². The second-order valence-corrected chi connectivity index (χ2v) is 7.46. The van der Waals surface area contributed by atoms with E-state index in [1.807, 2.05) is 13.0 Å². The number of methoxy groups -OCH3 is 1. The maximum Gasteiger partial charge on any atom is 0.339 e. The molecule has 0 aliphatic heterocycles. The predicted molar refractivity (Wildman–Crippen MR) is 108 cm³/mol. The largest absolute Gasteiger partial charge is 0.465 e. The summed E-state index contributed by atoms with van der Waals surface area (Å²) in [7, 11) is 1.25. The number of esters is 1. The Balaban J connectivity index is 2.12. The maximum absolute atomic E-state index is 12.5. The molecule has 0 aliphatic carbocycles. The number of aromatic nitrogens is 1. The lowest BCUT2D eigenvalue weighted by Crippen LogP contribution is -2.35. The number of amides is 1. The molecule has 2 N–H and O–H groups in total. The molecular formula is C20H22Cl2N2O4. The molecule has 2 rings (SSSR count). The van der Waals surface area contributed by atoms with E-state index in [4.69, 9.17) is 27.9 Å². The zero-order valence-corrected chi connectivity index (χ0v) is 17.6. The molecule has 1 aromatic heterocycles. The Morgan fingerprint density at radius 1 is 1.25 bits per heavy atom. The van der Waals surface area contributed by atoms with Crippen molar-refractivity contribution in [3.8, 4) is 0 Å². The molecule has 0 fully saturated rings. The summed E-state index contributed by atoms with van der Waals surface area (Å²) in [6.45, 7) is 4.89. The Morgan fingerprint density at radius 2 is 1.93 bits per heavy atom. The van der Waals surface area contributed by atoms with Crippen LogP contribution >= 0.6 is 23.2 Å². The molecule has 2 aromatic rings. The first-order chi connectivity index (χ1) is 13.1. The lowest BCUT2D eigenvalue weighted by atomic mass is 10.1. The molecule has 0 radical (unpaired) electrons. The third-order valence-electron chi connectivity index (χ3n) is 4.36. The van der Waals surface area contributed by atoms with E-state index in [9.17, 15) is 14.4 Å². The predicted octanol–water partition coefficient (Wildman–Crippen LogP) is 3.91. The molecule has 0 spiro atoms. The van der Waals surface area contributed by atoms with Crippen molar-refractivity contribution in [1.29, 1.82) is 0 Å². The van der Waals surface area contributed by atoms with Crippen LogP contribution in [0.1, 0.15) is 51.5 Å². The van der Waals surface area contributed by atoms with Crippen molar-refractivity contribution in [2.75, 3.05) is 7.11 Å². The summed E-state index contributed by atoms with van der Waals surface area (Å²) in [5.41, 5.74) is 2.20. The first-order valence-corrected chi connectivity index (χ1v) is 9.43. The number of halogens is 2. The molecule has 1 atom stereocenters. The number of nitrogens with one attached hydrogen (secondary N) is 2. The van der Waals surface area contributed by atoms with E-state index in [1.54, 1.807) is 19.1 Å². The lowest BCUT2D eigenvalue weighted by Gasteiger charge is -2.15. The molecule has 28 heavy (non-hydrogen) atoms. The van der Waals surface area contributed by atoms with Gasteiger partial charge in [0.05, 0.1) is 24.8 Å². The summed E-state index contributed by atoms with van der Waals surface area (Å²) in [5, 5.41) is 3.95. The third kappa shape index (κ3) is 5.14. The minimum atomic E-state index is -0.593. The van der Waals surface area contributed by atoms with Gasteiger partial charge in [-0.25, -0.2) is 4.79 Å². The molecule has 1 heterocycles. The van der Waals surface area contributed by atoms with Crippen molar-refractivity contribution in [2.45, 2.75) is 39.7 Å². The van der Waals surface area contributed by atoms with Crippen LogP contribution in [0.4, 0.5) is 0 Å². The van der Waals surface area contributed by atoms with Gasteiger partial charge in [-0.2, -0.15) is 0 Å². The molecule has 150 valence electrons. The maximum atomic E-state index is 12.5. The van der Waals surface area contributed by atoms with Crippen molar-refractivity contribution in [3.05, 3.63) is 56.3 Å². The fourth-order valence-corrected chi connectivity index (χ4v) is 3.56. The second kappa shape index (κ2) is 9.26. The lowest BCUT2D eigenvalue weighted by molar-refractivity contribution is -0.121. The zero-order valence-electron chi connectivity index (χ0n) is 16.1. The van der Waals surface area contributed by atoms with Crippen LogP contribution in [0.5, 0.6) is 0 Å². The SMILES string of the molecule is COC(=O)c1c(CC(=O)NC(C)Cc2ccc(Cl)cc2Cl)[nH]c(C(C)=O)c1C. The van der Waals surface area contributed by atoms with Crippen molar-refractivity contribution in [3.63, 3.8) is 0 Å². The Kier molecular flexibility index (Phi) is 7.27. The number of hydrogen-bond donors (Lipinski definition) is 2. The van der Waals surface area contributed by atoms with Crippen LogP contribution in [0, 0.1) is 6.92 Å². The fourth-order valence-electron chi connectivity index (χ4n) is 3.08. The van der Waals surface area contributed by atoms with Crippen LogP contribution < -0.4 is 5.32 Å². The normalized spacial score (nSPS) is 11.8. The van der Waals surface area contributed by atoms with E-state index >= 15 is 0 Å². The molecular weight excluding hydrogens is 403 g/mol. The Hall–Kier alpha value is -2.31. The van der Waals surface area contributed by atoms with Crippen LogP contribution in [0.3, 0.4) is 0 Å². The van der Waals surface area contributed by atoms with Crippen LogP contribution in [0.15, 0.2) is 18.2 Å². The molecule has 0 bridgehead atoms. The molecule has 6 nitrogen and oxygen atoms in total. The summed E-state index contributed by atoms with van der Waals surface area (Å²) in [5.74, 6) is -1.11. The van der Waals surface area contributed by atoms with Gasteiger partial charge in [-0.05, 0) is 43.5 Å². The van der Waals surface area contributed by atoms with E-state index in [2.05, 4.69) is 10.3 Å². The van der Waals surface area contributed by atoms with Crippen LogP contribution in [0.2, 0.25) is 10.0 Å². The number of aromatic amines is 1. The smallest absolute Gasteiger partial charge is 0.339 e. The first kappa shape index (κ1) is 22.0. The van der Waals surface area contributed by atoms with Crippen molar-refractivity contribution in [2.24, 2.45) is 0 Å². The van der Waals surface area contributed by atoms with Crippen molar-refractivity contribution in [1.82, 2.24) is 10.3 Å². The van der Waals surface area contributed by atoms with Gasteiger partial charge in [0.15, 0.2) is 5.78 Å². The van der Waals surface area contributed by atoms with E-state index in [1.165, 1.54) is 14.0 Å². The monoisotopic (exact) mass is 424 g/mol. The van der Waals surface area contributed by atoms with Crippen LogP contribution in [-0.4, -0.2) is 35.8 Å². The average Bonchev–Trinajstić information content (AvgIpc) is 2.92.